The van der Waals surface area contributed by atoms with Gasteiger partial charge in [-0.1, -0.05) is 20.8 Å². The fourth-order valence-electron chi connectivity index (χ4n) is 1.55. The number of hydrogen-bond acceptors (Lipinski definition) is 0. The summed E-state index contributed by atoms with van der Waals surface area (Å²) in [6.07, 6.45) is 0. The van der Waals surface area contributed by atoms with Crippen molar-refractivity contribution in [1.82, 2.24) is 4.98 Å². The molecule has 0 fully saturated rings. The highest BCUT2D eigenvalue weighted by Crippen LogP contribution is 2.27. The van der Waals surface area contributed by atoms with Gasteiger partial charge in [0.05, 0.1) is 0 Å². The lowest BCUT2D eigenvalue weighted by atomic mass is 9.92. The zero-order valence-electron chi connectivity index (χ0n) is 8.99. The molecular formula is C12H13F2N. The minimum atomic E-state index is -0.804. The number of halogens is 2. The molecule has 2 aromatic rings. The molecule has 0 amide bonds. The molecular weight excluding hydrogens is 196 g/mol. The van der Waals surface area contributed by atoms with E-state index in [1.54, 1.807) is 12.1 Å². The van der Waals surface area contributed by atoms with E-state index in [9.17, 15) is 8.78 Å². The van der Waals surface area contributed by atoms with E-state index in [2.05, 4.69) is 4.98 Å². The summed E-state index contributed by atoms with van der Waals surface area (Å²) in [6, 6.07) is 4.37. The monoisotopic (exact) mass is 209 g/mol. The Morgan fingerprint density at radius 3 is 2.40 bits per heavy atom. The van der Waals surface area contributed by atoms with Crippen LogP contribution in [0, 0.1) is 11.6 Å². The summed E-state index contributed by atoms with van der Waals surface area (Å²) in [5, 5.41) is 0.319. The van der Waals surface area contributed by atoms with Gasteiger partial charge in [-0.05, 0) is 18.2 Å². The smallest absolute Gasteiger partial charge is 0.168 e. The molecule has 0 radical (unpaired) electrons. The second kappa shape index (κ2) is 3.05. The standard InChI is InChI=1S/C12H13F2N/c1-12(2,3)10-6-7-9(15-10)5-4-8(13)11(7)14/h4-6,15H,1-3H3. The number of fused-ring (bicyclic) bond motifs is 1. The van der Waals surface area contributed by atoms with Crippen LogP contribution in [-0.2, 0) is 5.41 Å². The third-order valence-electron chi connectivity index (χ3n) is 2.50. The Labute approximate surface area is 87.1 Å². The molecule has 0 spiro atoms. The van der Waals surface area contributed by atoms with E-state index in [1.165, 1.54) is 0 Å². The van der Waals surface area contributed by atoms with Gasteiger partial charge in [-0.3, -0.25) is 0 Å². The van der Waals surface area contributed by atoms with Gasteiger partial charge in [0.1, 0.15) is 0 Å². The molecule has 15 heavy (non-hydrogen) atoms. The molecule has 0 unspecified atom stereocenters. The van der Waals surface area contributed by atoms with Gasteiger partial charge in [0, 0.05) is 22.0 Å². The molecule has 0 bridgehead atoms. The fourth-order valence-corrected chi connectivity index (χ4v) is 1.55. The first-order chi connectivity index (χ1) is 6.89. The van der Waals surface area contributed by atoms with Crippen LogP contribution < -0.4 is 0 Å². The number of rotatable bonds is 0. The number of benzene rings is 1. The number of aromatic amines is 1. The Morgan fingerprint density at radius 2 is 1.80 bits per heavy atom. The van der Waals surface area contributed by atoms with E-state index in [0.717, 1.165) is 11.8 Å². The fraction of sp³-hybridized carbons (Fsp3) is 0.333. The quantitative estimate of drug-likeness (QED) is 0.680. The highest BCUT2D eigenvalue weighted by Gasteiger charge is 2.18. The van der Waals surface area contributed by atoms with Crippen LogP contribution >= 0.6 is 0 Å². The number of aromatic nitrogens is 1. The maximum atomic E-state index is 13.4. The predicted molar refractivity (Wildman–Crippen MR) is 56.9 cm³/mol. The molecule has 1 nitrogen and oxygen atoms in total. The average Bonchev–Trinajstić information content (AvgIpc) is 2.55. The minimum absolute atomic E-state index is 0.0953. The second-order valence-corrected chi connectivity index (χ2v) is 4.76. The van der Waals surface area contributed by atoms with E-state index in [-0.39, 0.29) is 5.41 Å². The van der Waals surface area contributed by atoms with Gasteiger partial charge in [-0.25, -0.2) is 8.78 Å². The minimum Gasteiger partial charge on any atom is -0.358 e. The Bertz CT molecular complexity index is 506. The van der Waals surface area contributed by atoms with Crippen molar-refractivity contribution in [1.29, 1.82) is 0 Å². The van der Waals surface area contributed by atoms with Crippen LogP contribution in [0.4, 0.5) is 8.78 Å². The summed E-state index contributed by atoms with van der Waals surface area (Å²) >= 11 is 0. The highest BCUT2D eigenvalue weighted by atomic mass is 19.2. The Morgan fingerprint density at radius 1 is 1.13 bits per heavy atom. The van der Waals surface area contributed by atoms with Crippen LogP contribution in [-0.4, -0.2) is 4.98 Å². The zero-order valence-corrected chi connectivity index (χ0v) is 8.99. The third kappa shape index (κ3) is 1.62. The number of H-pyrrole nitrogens is 1. The normalized spacial score (nSPS) is 12.3. The first kappa shape index (κ1) is 10.1. The Balaban J connectivity index is 2.72. The lowest BCUT2D eigenvalue weighted by Gasteiger charge is -2.15. The van der Waals surface area contributed by atoms with Gasteiger partial charge in [0.15, 0.2) is 11.6 Å². The van der Waals surface area contributed by atoms with Gasteiger partial charge in [-0.2, -0.15) is 0 Å². The largest absolute Gasteiger partial charge is 0.358 e. The van der Waals surface area contributed by atoms with Gasteiger partial charge in [0.2, 0.25) is 0 Å². The summed E-state index contributed by atoms with van der Waals surface area (Å²) < 4.78 is 26.4. The van der Waals surface area contributed by atoms with E-state index >= 15 is 0 Å². The van der Waals surface area contributed by atoms with Gasteiger partial charge < -0.3 is 4.98 Å². The molecule has 0 aliphatic heterocycles. The summed E-state index contributed by atoms with van der Waals surface area (Å²) in [5.41, 5.74) is 1.45. The average molecular weight is 209 g/mol. The van der Waals surface area contributed by atoms with Crippen LogP contribution in [0.3, 0.4) is 0 Å². The summed E-state index contributed by atoms with van der Waals surface area (Å²) in [4.78, 5) is 3.10. The van der Waals surface area contributed by atoms with Crippen molar-refractivity contribution in [3.63, 3.8) is 0 Å². The molecule has 2 rings (SSSR count). The second-order valence-electron chi connectivity index (χ2n) is 4.76. The topological polar surface area (TPSA) is 15.8 Å². The molecule has 0 saturated heterocycles. The van der Waals surface area contributed by atoms with E-state index in [0.29, 0.717) is 10.9 Å². The van der Waals surface area contributed by atoms with Gasteiger partial charge in [0.25, 0.3) is 0 Å². The molecule has 0 aliphatic carbocycles. The van der Waals surface area contributed by atoms with Crippen molar-refractivity contribution in [3.8, 4) is 0 Å². The summed E-state index contributed by atoms with van der Waals surface area (Å²) in [7, 11) is 0. The van der Waals surface area contributed by atoms with Crippen LogP contribution in [0.15, 0.2) is 18.2 Å². The summed E-state index contributed by atoms with van der Waals surface area (Å²) in [6.45, 7) is 6.06. The van der Waals surface area contributed by atoms with E-state index in [1.807, 2.05) is 20.8 Å². The molecule has 1 aromatic heterocycles. The summed E-state index contributed by atoms with van der Waals surface area (Å²) in [5.74, 6) is -1.58. The molecule has 0 atom stereocenters. The molecule has 1 heterocycles. The first-order valence-electron chi connectivity index (χ1n) is 4.87. The van der Waals surface area contributed by atoms with Crippen LogP contribution in [0.5, 0.6) is 0 Å². The Kier molecular flexibility index (Phi) is 2.07. The maximum absolute atomic E-state index is 13.4. The van der Waals surface area contributed by atoms with E-state index < -0.39 is 11.6 Å². The zero-order chi connectivity index (χ0) is 11.2. The molecule has 1 aromatic carbocycles. The van der Waals surface area contributed by atoms with Gasteiger partial charge >= 0.3 is 0 Å². The van der Waals surface area contributed by atoms with Crippen molar-refractivity contribution in [2.45, 2.75) is 26.2 Å². The first-order valence-corrected chi connectivity index (χ1v) is 4.87. The predicted octanol–water partition coefficient (Wildman–Crippen LogP) is 3.74. The number of hydrogen-bond donors (Lipinski definition) is 1. The van der Waals surface area contributed by atoms with Crippen LogP contribution in [0.2, 0.25) is 0 Å². The van der Waals surface area contributed by atoms with Crippen molar-refractivity contribution in [2.75, 3.05) is 0 Å². The molecule has 0 saturated carbocycles. The molecule has 80 valence electrons. The third-order valence-corrected chi connectivity index (χ3v) is 2.50. The van der Waals surface area contributed by atoms with Crippen molar-refractivity contribution in [2.24, 2.45) is 0 Å². The van der Waals surface area contributed by atoms with Crippen LogP contribution in [0.25, 0.3) is 10.9 Å². The lowest BCUT2D eigenvalue weighted by Crippen LogP contribution is -2.10. The van der Waals surface area contributed by atoms with Crippen molar-refractivity contribution >= 4 is 10.9 Å². The molecule has 0 aliphatic rings. The van der Waals surface area contributed by atoms with Crippen molar-refractivity contribution in [3.05, 3.63) is 35.5 Å². The Hall–Kier alpha value is -1.38. The highest BCUT2D eigenvalue weighted by molar-refractivity contribution is 5.81. The number of nitrogens with one attached hydrogen (secondary N) is 1. The molecule has 3 heteroatoms. The SMILES string of the molecule is CC(C)(C)c1cc2c(F)c(F)ccc2[nH]1. The van der Waals surface area contributed by atoms with Gasteiger partial charge in [-0.15, -0.1) is 0 Å². The maximum Gasteiger partial charge on any atom is 0.168 e. The molecule has 1 N–H and O–H groups in total. The van der Waals surface area contributed by atoms with E-state index in [4.69, 9.17) is 0 Å². The van der Waals surface area contributed by atoms with Crippen LogP contribution in [0.1, 0.15) is 26.5 Å². The van der Waals surface area contributed by atoms with Crippen molar-refractivity contribution < 1.29 is 8.78 Å². The lowest BCUT2D eigenvalue weighted by molar-refractivity contribution is 0.517.